The van der Waals surface area contributed by atoms with Gasteiger partial charge in [0.05, 0.1) is 25.0 Å². The van der Waals surface area contributed by atoms with Crippen molar-refractivity contribution < 1.29 is 9.53 Å². The number of amides is 1. The molecule has 1 aliphatic rings. The van der Waals surface area contributed by atoms with E-state index in [1.54, 1.807) is 10.9 Å². The summed E-state index contributed by atoms with van der Waals surface area (Å²) in [7, 11) is 1.89. The summed E-state index contributed by atoms with van der Waals surface area (Å²) in [5, 5.41) is 8.43. The van der Waals surface area contributed by atoms with E-state index >= 15 is 0 Å². The Morgan fingerprint density at radius 3 is 2.79 bits per heavy atom. The van der Waals surface area contributed by atoms with E-state index in [1.807, 2.05) is 60.3 Å². The lowest BCUT2D eigenvalue weighted by Gasteiger charge is -2.32. The van der Waals surface area contributed by atoms with Gasteiger partial charge in [0.25, 0.3) is 0 Å². The van der Waals surface area contributed by atoms with Crippen molar-refractivity contribution in [3.63, 3.8) is 0 Å². The molecule has 4 heterocycles. The molecule has 4 rings (SSSR count). The first-order valence-electron chi connectivity index (χ1n) is 9.43. The summed E-state index contributed by atoms with van der Waals surface area (Å²) in [6, 6.07) is 5.92. The maximum atomic E-state index is 12.6. The van der Waals surface area contributed by atoms with E-state index in [4.69, 9.17) is 4.74 Å². The molecule has 1 aliphatic heterocycles. The average Bonchev–Trinajstić information content (AvgIpc) is 3.34. The third kappa shape index (κ3) is 3.96. The smallest absolute Gasteiger partial charge is 0.224 e. The zero-order valence-electron chi connectivity index (χ0n) is 16.2. The van der Waals surface area contributed by atoms with Crippen LogP contribution >= 0.6 is 0 Å². The summed E-state index contributed by atoms with van der Waals surface area (Å²) in [4.78, 5) is 19.1. The Balaban J connectivity index is 1.37. The molecule has 1 saturated heterocycles. The number of aromatic nitrogens is 5. The van der Waals surface area contributed by atoms with E-state index in [1.165, 1.54) is 0 Å². The normalized spacial score (nSPS) is 17.1. The minimum Gasteiger partial charge on any atom is -0.368 e. The number of carbonyl (C=O) groups excluding carboxylic acids is 1. The van der Waals surface area contributed by atoms with Crippen molar-refractivity contribution in [3.8, 4) is 11.1 Å². The molecule has 28 heavy (non-hydrogen) atoms. The van der Waals surface area contributed by atoms with Crippen molar-refractivity contribution in [2.24, 2.45) is 7.05 Å². The standard InChI is InChI=1S/C20H24N6O2/c1-15-5-7-22-26(15)8-6-20(27)25-9-10-28-19(14-25)18-4-3-16(11-21-18)17-12-23-24(2)13-17/h3-5,7,11-13,19H,6,8-10,14H2,1-2H3/t19-/m1/s1. The second kappa shape index (κ2) is 7.93. The van der Waals surface area contributed by atoms with Crippen LogP contribution in [0.1, 0.15) is 23.9 Å². The van der Waals surface area contributed by atoms with Gasteiger partial charge >= 0.3 is 0 Å². The second-order valence-electron chi connectivity index (χ2n) is 7.02. The maximum absolute atomic E-state index is 12.6. The Kier molecular flexibility index (Phi) is 5.21. The molecule has 8 nitrogen and oxygen atoms in total. The van der Waals surface area contributed by atoms with Crippen LogP contribution in [0.15, 0.2) is 43.0 Å². The number of nitrogens with zero attached hydrogens (tertiary/aromatic N) is 6. The molecule has 8 heteroatoms. The van der Waals surface area contributed by atoms with Gasteiger partial charge < -0.3 is 9.64 Å². The molecule has 0 radical (unpaired) electrons. The van der Waals surface area contributed by atoms with E-state index in [-0.39, 0.29) is 12.0 Å². The largest absolute Gasteiger partial charge is 0.368 e. The summed E-state index contributed by atoms with van der Waals surface area (Å²) in [5.74, 6) is 0.121. The number of pyridine rings is 1. The molecule has 0 saturated carbocycles. The lowest BCUT2D eigenvalue weighted by Crippen LogP contribution is -2.42. The highest BCUT2D eigenvalue weighted by atomic mass is 16.5. The van der Waals surface area contributed by atoms with Crippen molar-refractivity contribution in [1.82, 2.24) is 29.4 Å². The zero-order valence-corrected chi connectivity index (χ0v) is 16.2. The fourth-order valence-electron chi connectivity index (χ4n) is 3.38. The second-order valence-corrected chi connectivity index (χ2v) is 7.02. The highest BCUT2D eigenvalue weighted by molar-refractivity contribution is 5.76. The predicted molar refractivity (Wildman–Crippen MR) is 103 cm³/mol. The molecule has 0 bridgehead atoms. The molecular formula is C20H24N6O2. The Bertz CT molecular complexity index is 946. The minimum atomic E-state index is -0.202. The zero-order chi connectivity index (χ0) is 19.5. The van der Waals surface area contributed by atoms with Crippen LogP contribution in [0.4, 0.5) is 0 Å². The highest BCUT2D eigenvalue weighted by Gasteiger charge is 2.26. The van der Waals surface area contributed by atoms with Crippen molar-refractivity contribution in [2.75, 3.05) is 19.7 Å². The summed E-state index contributed by atoms with van der Waals surface area (Å²) in [5.41, 5.74) is 3.94. The van der Waals surface area contributed by atoms with Crippen molar-refractivity contribution >= 4 is 5.91 Å². The Labute approximate surface area is 163 Å². The number of morpholine rings is 1. The lowest BCUT2D eigenvalue weighted by atomic mass is 10.1. The van der Waals surface area contributed by atoms with Crippen molar-refractivity contribution in [2.45, 2.75) is 26.0 Å². The number of hydrogen-bond acceptors (Lipinski definition) is 5. The van der Waals surface area contributed by atoms with E-state index in [0.29, 0.717) is 32.7 Å². The van der Waals surface area contributed by atoms with Crippen LogP contribution in [-0.4, -0.2) is 55.0 Å². The molecule has 1 amide bonds. The molecule has 0 N–H and O–H groups in total. The van der Waals surface area contributed by atoms with Crippen LogP contribution in [0, 0.1) is 6.92 Å². The third-order valence-electron chi connectivity index (χ3n) is 5.04. The van der Waals surface area contributed by atoms with Gasteiger partial charge in [-0.3, -0.25) is 19.1 Å². The first-order chi connectivity index (χ1) is 13.6. The molecule has 3 aromatic rings. The molecule has 1 fully saturated rings. The Morgan fingerprint density at radius 1 is 1.21 bits per heavy atom. The van der Waals surface area contributed by atoms with Crippen molar-refractivity contribution in [3.05, 3.63) is 54.4 Å². The number of ether oxygens (including phenoxy) is 1. The van der Waals surface area contributed by atoms with Gasteiger partial charge in [0.15, 0.2) is 0 Å². The molecule has 0 aromatic carbocycles. The molecule has 146 valence electrons. The van der Waals surface area contributed by atoms with E-state index in [0.717, 1.165) is 22.5 Å². The first-order valence-corrected chi connectivity index (χ1v) is 9.43. The van der Waals surface area contributed by atoms with Crippen LogP contribution in [0.3, 0.4) is 0 Å². The predicted octanol–water partition coefficient (Wildman–Crippen LogP) is 1.98. The summed E-state index contributed by atoms with van der Waals surface area (Å²) in [6.45, 7) is 4.24. The van der Waals surface area contributed by atoms with Gasteiger partial charge in [-0.05, 0) is 19.1 Å². The van der Waals surface area contributed by atoms with Crippen LogP contribution in [0.5, 0.6) is 0 Å². The van der Waals surface area contributed by atoms with E-state index < -0.39 is 0 Å². The molecule has 1 atom stereocenters. The Morgan fingerprint density at radius 2 is 2.11 bits per heavy atom. The van der Waals surface area contributed by atoms with E-state index in [9.17, 15) is 4.79 Å². The Hall–Kier alpha value is -3.00. The minimum absolute atomic E-state index is 0.121. The fraction of sp³-hybridized carbons (Fsp3) is 0.400. The van der Waals surface area contributed by atoms with Crippen LogP contribution in [-0.2, 0) is 23.1 Å². The van der Waals surface area contributed by atoms with Crippen LogP contribution in [0.25, 0.3) is 11.1 Å². The molecular weight excluding hydrogens is 356 g/mol. The third-order valence-corrected chi connectivity index (χ3v) is 5.04. The van der Waals surface area contributed by atoms with Crippen LogP contribution in [0.2, 0.25) is 0 Å². The maximum Gasteiger partial charge on any atom is 0.224 e. The molecule has 0 spiro atoms. The SMILES string of the molecule is Cc1ccnn1CCC(=O)N1CCO[C@@H](c2ccc(-c3cnn(C)c3)cn2)C1. The van der Waals surface area contributed by atoms with Gasteiger partial charge in [-0.1, -0.05) is 6.07 Å². The quantitative estimate of drug-likeness (QED) is 0.676. The lowest BCUT2D eigenvalue weighted by molar-refractivity contribution is -0.139. The fourth-order valence-corrected chi connectivity index (χ4v) is 3.38. The number of aryl methyl sites for hydroxylation is 3. The highest BCUT2D eigenvalue weighted by Crippen LogP contribution is 2.24. The summed E-state index contributed by atoms with van der Waals surface area (Å²) < 4.78 is 9.49. The van der Waals surface area contributed by atoms with Crippen LogP contribution < -0.4 is 0 Å². The summed E-state index contributed by atoms with van der Waals surface area (Å²) >= 11 is 0. The number of carbonyl (C=O) groups is 1. The molecule has 3 aromatic heterocycles. The van der Waals surface area contributed by atoms with Gasteiger partial charge in [0.1, 0.15) is 6.10 Å². The van der Waals surface area contributed by atoms with Gasteiger partial charge in [0, 0.05) is 62.0 Å². The topological polar surface area (TPSA) is 78.1 Å². The van der Waals surface area contributed by atoms with Gasteiger partial charge in [-0.25, -0.2) is 0 Å². The van der Waals surface area contributed by atoms with Gasteiger partial charge in [0.2, 0.25) is 5.91 Å². The molecule has 0 aliphatic carbocycles. The van der Waals surface area contributed by atoms with E-state index in [2.05, 4.69) is 15.2 Å². The van der Waals surface area contributed by atoms with Gasteiger partial charge in [-0.2, -0.15) is 10.2 Å². The number of hydrogen-bond donors (Lipinski definition) is 0. The first kappa shape index (κ1) is 18.4. The molecule has 0 unspecified atom stereocenters. The van der Waals surface area contributed by atoms with Crippen molar-refractivity contribution in [1.29, 1.82) is 0 Å². The monoisotopic (exact) mass is 380 g/mol. The average molecular weight is 380 g/mol. The van der Waals surface area contributed by atoms with Gasteiger partial charge in [-0.15, -0.1) is 0 Å². The number of rotatable bonds is 5. The summed E-state index contributed by atoms with van der Waals surface area (Å²) in [6.07, 6.45) is 7.59.